The molecule has 2 unspecified atom stereocenters. The topological polar surface area (TPSA) is 117 Å². The molecule has 0 spiro atoms. The molecule has 27 heavy (non-hydrogen) atoms. The Morgan fingerprint density at radius 2 is 1.81 bits per heavy atom. The maximum Gasteiger partial charge on any atom is 0.314 e. The van der Waals surface area contributed by atoms with Gasteiger partial charge in [0.05, 0.1) is 5.69 Å². The van der Waals surface area contributed by atoms with Crippen molar-refractivity contribution in [1.29, 1.82) is 0 Å². The van der Waals surface area contributed by atoms with E-state index < -0.39 is 23.6 Å². The lowest BCUT2D eigenvalue weighted by atomic mass is 9.84. The summed E-state index contributed by atoms with van der Waals surface area (Å²) in [7, 11) is 0. The highest BCUT2D eigenvalue weighted by Gasteiger charge is 2.35. The number of aryl methyl sites for hydroxylation is 1. The first-order valence-corrected chi connectivity index (χ1v) is 9.01. The largest absolute Gasteiger partial charge is 0.343 e. The number of hydrogen-bond acceptors (Lipinski definition) is 5. The van der Waals surface area contributed by atoms with E-state index in [4.69, 9.17) is 0 Å². The molecular weight excluding hydrogens is 348 g/mol. The van der Waals surface area contributed by atoms with E-state index in [0.717, 1.165) is 0 Å². The molecule has 1 aliphatic heterocycles. The van der Waals surface area contributed by atoms with Crippen molar-refractivity contribution in [2.24, 2.45) is 5.41 Å². The smallest absolute Gasteiger partial charge is 0.314 e. The average Bonchev–Trinajstić information content (AvgIpc) is 2.84. The Hall–Kier alpha value is -2.42. The average molecular weight is 378 g/mol. The van der Waals surface area contributed by atoms with Crippen molar-refractivity contribution < 1.29 is 14.4 Å². The molecule has 9 nitrogen and oxygen atoms in total. The fourth-order valence-corrected chi connectivity index (χ4v) is 2.75. The van der Waals surface area contributed by atoms with Gasteiger partial charge in [0, 0.05) is 24.1 Å². The first-order valence-electron chi connectivity index (χ1n) is 9.01. The Morgan fingerprint density at radius 3 is 2.37 bits per heavy atom. The van der Waals surface area contributed by atoms with Crippen LogP contribution in [-0.4, -0.2) is 39.1 Å². The summed E-state index contributed by atoms with van der Waals surface area (Å²) in [6.45, 7) is 13.3. The molecule has 0 bridgehead atoms. The molecule has 0 saturated carbocycles. The maximum atomic E-state index is 12.3. The van der Waals surface area contributed by atoms with Crippen molar-refractivity contribution in [3.05, 3.63) is 11.8 Å². The second kappa shape index (κ2) is 7.30. The van der Waals surface area contributed by atoms with Crippen LogP contribution in [0, 0.1) is 12.3 Å². The Kier molecular flexibility index (Phi) is 5.65. The molecule has 1 aliphatic rings. The minimum Gasteiger partial charge on any atom is -0.343 e. The summed E-state index contributed by atoms with van der Waals surface area (Å²) in [6.07, 6.45) is -0.263. The second-order valence-corrected chi connectivity index (χ2v) is 9.03. The van der Waals surface area contributed by atoms with Gasteiger partial charge in [0.25, 0.3) is 0 Å². The lowest BCUT2D eigenvalue weighted by molar-refractivity contribution is -0.137. The normalized spacial score (nSPS) is 20.8. The van der Waals surface area contributed by atoms with Gasteiger partial charge in [0.1, 0.15) is 5.82 Å². The van der Waals surface area contributed by atoms with Crippen LogP contribution in [0.3, 0.4) is 0 Å². The number of nitrogens with zero attached hydrogens (tertiary/aromatic N) is 2. The van der Waals surface area contributed by atoms with Gasteiger partial charge in [-0.15, -0.1) is 0 Å². The third-order valence-electron chi connectivity index (χ3n) is 4.13. The van der Waals surface area contributed by atoms with Gasteiger partial charge in [-0.3, -0.25) is 19.7 Å². The molecule has 0 aliphatic carbocycles. The number of nitrogens with one attached hydrogen (secondary N) is 4. The predicted molar refractivity (Wildman–Crippen MR) is 102 cm³/mol. The van der Waals surface area contributed by atoms with E-state index in [-0.39, 0.29) is 17.4 Å². The Labute approximate surface area is 159 Å². The van der Waals surface area contributed by atoms with Gasteiger partial charge in [-0.2, -0.15) is 5.10 Å². The quantitative estimate of drug-likeness (QED) is 0.573. The number of aromatic nitrogens is 2. The fraction of sp³-hybridized carbons (Fsp3) is 0.667. The van der Waals surface area contributed by atoms with Crippen molar-refractivity contribution in [3.8, 4) is 0 Å². The van der Waals surface area contributed by atoms with Gasteiger partial charge in [0.15, 0.2) is 6.29 Å². The molecule has 9 heteroatoms. The number of amides is 3. The zero-order valence-corrected chi connectivity index (χ0v) is 17.1. The monoisotopic (exact) mass is 378 g/mol. The zero-order chi connectivity index (χ0) is 20.6. The first-order chi connectivity index (χ1) is 12.3. The summed E-state index contributed by atoms with van der Waals surface area (Å²) in [5, 5.41) is 15.7. The Morgan fingerprint density at radius 1 is 1.19 bits per heavy atom. The molecule has 4 N–H and O–H groups in total. The summed E-state index contributed by atoms with van der Waals surface area (Å²) in [5.74, 6) is -1.30. The van der Waals surface area contributed by atoms with Crippen LogP contribution in [-0.2, 0) is 14.4 Å². The number of hydrogen-bond donors (Lipinski definition) is 4. The molecule has 0 aromatic carbocycles. The summed E-state index contributed by atoms with van der Waals surface area (Å²) in [6, 6.07) is 1.59. The van der Waals surface area contributed by atoms with E-state index in [2.05, 4.69) is 26.4 Å². The van der Waals surface area contributed by atoms with Crippen molar-refractivity contribution in [3.63, 3.8) is 0 Å². The van der Waals surface area contributed by atoms with Crippen molar-refractivity contribution in [2.45, 2.75) is 72.8 Å². The van der Waals surface area contributed by atoms with Crippen LogP contribution in [0.25, 0.3) is 0 Å². The summed E-state index contributed by atoms with van der Waals surface area (Å²) >= 11 is 0. The summed E-state index contributed by atoms with van der Waals surface area (Å²) < 4.78 is 1.48. The number of anilines is 1. The van der Waals surface area contributed by atoms with Gasteiger partial charge in [-0.05, 0) is 33.1 Å². The lowest BCUT2D eigenvalue weighted by Crippen LogP contribution is -2.57. The van der Waals surface area contributed by atoms with Crippen LogP contribution in [0.1, 0.15) is 59.9 Å². The van der Waals surface area contributed by atoms with E-state index in [0.29, 0.717) is 17.9 Å². The minimum absolute atomic E-state index is 0.0616. The molecule has 1 aromatic heterocycles. The second-order valence-electron chi connectivity index (χ2n) is 9.03. The third-order valence-corrected chi connectivity index (χ3v) is 4.13. The molecule has 2 atom stereocenters. The molecule has 150 valence electrons. The molecule has 2 rings (SSSR count). The number of carbonyl (C=O) groups excluding carboxylic acids is 3. The zero-order valence-electron chi connectivity index (χ0n) is 17.1. The highest BCUT2D eigenvalue weighted by atomic mass is 16.2. The van der Waals surface area contributed by atoms with E-state index in [1.165, 1.54) is 4.68 Å². The first kappa shape index (κ1) is 20.9. The van der Waals surface area contributed by atoms with Crippen molar-refractivity contribution >= 4 is 23.5 Å². The van der Waals surface area contributed by atoms with E-state index in [1.807, 2.05) is 20.8 Å². The molecule has 2 heterocycles. The van der Waals surface area contributed by atoms with Gasteiger partial charge in [-0.1, -0.05) is 20.8 Å². The van der Waals surface area contributed by atoms with Gasteiger partial charge in [-0.25, -0.2) is 4.68 Å². The number of carbonyl (C=O) groups is 3. The molecule has 1 aromatic rings. The van der Waals surface area contributed by atoms with Crippen molar-refractivity contribution in [1.82, 2.24) is 25.7 Å². The minimum atomic E-state index is -0.791. The van der Waals surface area contributed by atoms with Crippen LogP contribution in [0.4, 0.5) is 5.82 Å². The van der Waals surface area contributed by atoms with Crippen LogP contribution < -0.4 is 21.3 Å². The molecule has 0 radical (unpaired) electrons. The fourth-order valence-electron chi connectivity index (χ4n) is 2.75. The predicted octanol–water partition coefficient (Wildman–Crippen LogP) is 1.03. The standard InChI is InChI=1S/C18H30N6O3/c1-10-8-12(20-14(26)15(27)22-18(5,6)7)24(23-10)16-19-11(17(2,3)4)9-13(25)21-16/h8,11,16,19H,9H2,1-7H3,(H,20,26)(H,21,25)(H,22,27). The Bertz CT molecular complexity index is 741. The summed E-state index contributed by atoms with van der Waals surface area (Å²) in [4.78, 5) is 36.5. The Balaban J connectivity index is 2.21. The van der Waals surface area contributed by atoms with Crippen LogP contribution in [0.2, 0.25) is 0 Å². The van der Waals surface area contributed by atoms with Crippen LogP contribution in [0.5, 0.6) is 0 Å². The number of rotatable bonds is 2. The van der Waals surface area contributed by atoms with Gasteiger partial charge in [0.2, 0.25) is 5.91 Å². The van der Waals surface area contributed by atoms with Crippen LogP contribution >= 0.6 is 0 Å². The SMILES string of the molecule is Cc1cc(NC(=O)C(=O)NC(C)(C)C)n(C2NC(=O)CC(C(C)(C)C)N2)n1. The highest BCUT2D eigenvalue weighted by molar-refractivity contribution is 6.39. The van der Waals surface area contributed by atoms with Crippen LogP contribution in [0.15, 0.2) is 6.07 Å². The van der Waals surface area contributed by atoms with Crippen molar-refractivity contribution in [2.75, 3.05) is 5.32 Å². The highest BCUT2D eigenvalue weighted by Crippen LogP contribution is 2.27. The van der Waals surface area contributed by atoms with Gasteiger partial charge >= 0.3 is 11.8 Å². The lowest BCUT2D eigenvalue weighted by Gasteiger charge is -2.39. The molecule has 3 amide bonds. The third kappa shape index (κ3) is 5.53. The molecular formula is C18H30N6O3. The van der Waals surface area contributed by atoms with E-state index >= 15 is 0 Å². The van der Waals surface area contributed by atoms with E-state index in [9.17, 15) is 14.4 Å². The molecule has 1 fully saturated rings. The molecule has 1 saturated heterocycles. The summed E-state index contributed by atoms with van der Waals surface area (Å²) in [5.41, 5.74) is -0.00656. The maximum absolute atomic E-state index is 12.3. The van der Waals surface area contributed by atoms with E-state index in [1.54, 1.807) is 33.8 Å². The van der Waals surface area contributed by atoms with Gasteiger partial charge < -0.3 is 16.0 Å².